The number of aromatic nitrogens is 4. The molecule has 0 unspecified atom stereocenters. The van der Waals surface area contributed by atoms with Crippen LogP contribution in [0.2, 0.25) is 0 Å². The molecule has 8 heteroatoms. The van der Waals surface area contributed by atoms with Gasteiger partial charge in [0.05, 0.1) is 13.2 Å². The summed E-state index contributed by atoms with van der Waals surface area (Å²) in [5.74, 6) is 1.01. The highest BCUT2D eigenvalue weighted by molar-refractivity contribution is 6.06. The van der Waals surface area contributed by atoms with Crippen molar-refractivity contribution in [3.63, 3.8) is 0 Å². The van der Waals surface area contributed by atoms with Crippen molar-refractivity contribution in [1.82, 2.24) is 19.6 Å². The average Bonchev–Trinajstić information content (AvgIpc) is 3.21. The lowest BCUT2D eigenvalue weighted by molar-refractivity contribution is 0.0983. The summed E-state index contributed by atoms with van der Waals surface area (Å²) in [5, 5.41) is 2.97. The molecular formula is C24H25N5O3. The maximum atomic E-state index is 13.6. The van der Waals surface area contributed by atoms with Crippen LogP contribution in [0.5, 0.6) is 5.75 Å². The van der Waals surface area contributed by atoms with E-state index >= 15 is 0 Å². The Morgan fingerprint density at radius 3 is 2.47 bits per heavy atom. The summed E-state index contributed by atoms with van der Waals surface area (Å²) in [6.45, 7) is 8.13. The molecule has 1 amide bonds. The Kier molecular flexibility index (Phi) is 5.77. The van der Waals surface area contributed by atoms with Gasteiger partial charge >= 0.3 is 0 Å². The molecule has 0 aliphatic rings. The summed E-state index contributed by atoms with van der Waals surface area (Å²) in [4.78, 5) is 36.6. The van der Waals surface area contributed by atoms with Crippen LogP contribution in [-0.2, 0) is 6.54 Å². The van der Waals surface area contributed by atoms with Gasteiger partial charge in [-0.15, -0.1) is 0 Å². The SMILES string of the molecule is CCOc1ccc(CN(C(=O)c2ccccc2C)c2nc3nc(C)c(C)c(=O)n3[nH]2)cc1. The molecule has 164 valence electrons. The van der Waals surface area contributed by atoms with E-state index in [1.165, 1.54) is 9.42 Å². The molecule has 8 nitrogen and oxygen atoms in total. The minimum Gasteiger partial charge on any atom is -0.494 e. The van der Waals surface area contributed by atoms with Crippen molar-refractivity contribution in [3.8, 4) is 5.75 Å². The van der Waals surface area contributed by atoms with Crippen LogP contribution < -0.4 is 15.2 Å². The van der Waals surface area contributed by atoms with E-state index < -0.39 is 0 Å². The van der Waals surface area contributed by atoms with Crippen LogP contribution >= 0.6 is 0 Å². The minimum absolute atomic E-state index is 0.224. The van der Waals surface area contributed by atoms with Gasteiger partial charge in [0, 0.05) is 16.8 Å². The van der Waals surface area contributed by atoms with E-state index in [2.05, 4.69) is 15.1 Å². The number of H-pyrrole nitrogens is 1. The third-order valence-electron chi connectivity index (χ3n) is 5.40. The molecule has 0 spiro atoms. The highest BCUT2D eigenvalue weighted by Gasteiger charge is 2.24. The standard InChI is InChI=1S/C24H25N5O3/c1-5-32-19-12-10-18(11-13-19)14-28(22(31)20-9-7-6-8-15(20)2)24-26-23-25-17(4)16(3)21(30)29(23)27-24/h6-13H,5,14H2,1-4H3,(H,25,26,27). The highest BCUT2D eigenvalue weighted by Crippen LogP contribution is 2.21. The van der Waals surface area contributed by atoms with Crippen LogP contribution in [0.3, 0.4) is 0 Å². The van der Waals surface area contributed by atoms with Gasteiger partial charge in [-0.05, 0) is 57.0 Å². The van der Waals surface area contributed by atoms with Crippen LogP contribution in [0.25, 0.3) is 5.78 Å². The number of nitrogens with zero attached hydrogens (tertiary/aromatic N) is 4. The van der Waals surface area contributed by atoms with Crippen molar-refractivity contribution in [3.05, 3.63) is 86.8 Å². The van der Waals surface area contributed by atoms with Crippen LogP contribution in [0, 0.1) is 20.8 Å². The van der Waals surface area contributed by atoms with Crippen molar-refractivity contribution in [1.29, 1.82) is 0 Å². The van der Waals surface area contributed by atoms with Gasteiger partial charge < -0.3 is 4.74 Å². The predicted molar refractivity (Wildman–Crippen MR) is 122 cm³/mol. The number of hydrogen-bond acceptors (Lipinski definition) is 5. The lowest BCUT2D eigenvalue weighted by Gasteiger charge is -2.21. The molecule has 0 atom stereocenters. The molecule has 4 aromatic rings. The maximum Gasteiger partial charge on any atom is 0.277 e. The summed E-state index contributed by atoms with van der Waals surface area (Å²) < 4.78 is 6.78. The number of aryl methyl sites for hydroxylation is 2. The fraction of sp³-hybridized carbons (Fsp3) is 0.250. The Hall–Kier alpha value is -3.94. The number of fused-ring (bicyclic) bond motifs is 1. The predicted octanol–water partition coefficient (Wildman–Crippen LogP) is 3.59. The maximum absolute atomic E-state index is 13.6. The number of amides is 1. The molecule has 4 rings (SSSR count). The van der Waals surface area contributed by atoms with E-state index in [1.807, 2.05) is 56.3 Å². The van der Waals surface area contributed by atoms with Gasteiger partial charge in [0.1, 0.15) is 5.75 Å². The van der Waals surface area contributed by atoms with Crippen LogP contribution in [0.15, 0.2) is 53.3 Å². The van der Waals surface area contributed by atoms with Gasteiger partial charge in [0.25, 0.3) is 17.2 Å². The van der Waals surface area contributed by atoms with Gasteiger partial charge in [-0.3, -0.25) is 19.6 Å². The Morgan fingerprint density at radius 2 is 1.78 bits per heavy atom. The number of ether oxygens (including phenoxy) is 1. The van der Waals surface area contributed by atoms with Crippen molar-refractivity contribution in [2.75, 3.05) is 11.5 Å². The molecule has 0 aliphatic carbocycles. The van der Waals surface area contributed by atoms with E-state index in [4.69, 9.17) is 4.74 Å². The van der Waals surface area contributed by atoms with Gasteiger partial charge in [-0.25, -0.2) is 4.98 Å². The van der Waals surface area contributed by atoms with Gasteiger partial charge in [0.15, 0.2) is 0 Å². The normalized spacial score (nSPS) is 11.0. The van der Waals surface area contributed by atoms with E-state index in [0.29, 0.717) is 23.4 Å². The van der Waals surface area contributed by atoms with E-state index in [1.54, 1.807) is 19.9 Å². The third kappa shape index (κ3) is 3.99. The zero-order valence-corrected chi connectivity index (χ0v) is 18.5. The van der Waals surface area contributed by atoms with Crippen LogP contribution in [0.1, 0.15) is 39.7 Å². The van der Waals surface area contributed by atoms with E-state index in [9.17, 15) is 9.59 Å². The average molecular weight is 431 g/mol. The van der Waals surface area contributed by atoms with E-state index in [-0.39, 0.29) is 29.7 Å². The number of anilines is 1. The first-order valence-electron chi connectivity index (χ1n) is 10.4. The molecule has 0 saturated carbocycles. The number of hydrogen-bond donors (Lipinski definition) is 1. The Morgan fingerprint density at radius 1 is 1.06 bits per heavy atom. The first-order chi connectivity index (χ1) is 15.4. The van der Waals surface area contributed by atoms with E-state index in [0.717, 1.165) is 16.9 Å². The summed E-state index contributed by atoms with van der Waals surface area (Å²) in [7, 11) is 0. The molecule has 0 radical (unpaired) electrons. The number of nitrogens with one attached hydrogen (secondary N) is 1. The largest absolute Gasteiger partial charge is 0.494 e. The molecule has 1 N–H and O–H groups in total. The van der Waals surface area contributed by atoms with Crippen LogP contribution in [-0.4, -0.2) is 32.1 Å². The fourth-order valence-electron chi connectivity index (χ4n) is 3.45. The first kappa shape index (κ1) is 21.3. The van der Waals surface area contributed by atoms with Crippen LogP contribution in [0.4, 0.5) is 5.95 Å². The number of rotatable bonds is 6. The molecule has 0 bridgehead atoms. The highest BCUT2D eigenvalue weighted by atomic mass is 16.5. The number of carbonyl (C=O) groups excluding carboxylic acids is 1. The van der Waals surface area contributed by atoms with Crippen molar-refractivity contribution in [2.24, 2.45) is 0 Å². The number of carbonyl (C=O) groups is 1. The summed E-state index contributed by atoms with van der Waals surface area (Å²) >= 11 is 0. The van der Waals surface area contributed by atoms with Crippen molar-refractivity contribution < 1.29 is 9.53 Å². The molecule has 32 heavy (non-hydrogen) atoms. The third-order valence-corrected chi connectivity index (χ3v) is 5.40. The monoisotopic (exact) mass is 431 g/mol. The molecule has 2 aromatic carbocycles. The molecule has 0 aliphatic heterocycles. The Labute approximate surface area is 185 Å². The smallest absolute Gasteiger partial charge is 0.277 e. The summed E-state index contributed by atoms with van der Waals surface area (Å²) in [5.41, 5.74) is 3.20. The van der Waals surface area contributed by atoms with Crippen molar-refractivity contribution in [2.45, 2.75) is 34.2 Å². The topological polar surface area (TPSA) is 92.6 Å². The molecule has 2 aromatic heterocycles. The Balaban J connectivity index is 1.79. The zero-order chi connectivity index (χ0) is 22.8. The molecule has 2 heterocycles. The fourth-order valence-corrected chi connectivity index (χ4v) is 3.45. The molecule has 0 fully saturated rings. The zero-order valence-electron chi connectivity index (χ0n) is 18.5. The number of benzene rings is 2. The summed E-state index contributed by atoms with van der Waals surface area (Å²) in [6, 6.07) is 14.9. The van der Waals surface area contributed by atoms with Crippen molar-refractivity contribution >= 4 is 17.6 Å². The first-order valence-corrected chi connectivity index (χ1v) is 10.4. The minimum atomic E-state index is -0.240. The second-order valence-electron chi connectivity index (χ2n) is 7.59. The second kappa shape index (κ2) is 8.66. The summed E-state index contributed by atoms with van der Waals surface area (Å²) in [6.07, 6.45) is 0. The molecule has 0 saturated heterocycles. The van der Waals surface area contributed by atoms with Gasteiger partial charge in [-0.2, -0.15) is 9.50 Å². The molecular weight excluding hydrogens is 406 g/mol. The second-order valence-corrected chi connectivity index (χ2v) is 7.59. The number of aromatic amines is 1. The van der Waals surface area contributed by atoms with Gasteiger partial charge in [-0.1, -0.05) is 30.3 Å². The lowest BCUT2D eigenvalue weighted by atomic mass is 10.1. The lowest BCUT2D eigenvalue weighted by Crippen LogP contribution is -2.32. The quantitative estimate of drug-likeness (QED) is 0.504. The van der Waals surface area contributed by atoms with Gasteiger partial charge in [0.2, 0.25) is 5.95 Å². The Bertz CT molecular complexity index is 1340.